The van der Waals surface area contributed by atoms with Gasteiger partial charge in [0.25, 0.3) is 0 Å². The van der Waals surface area contributed by atoms with Gasteiger partial charge in [-0.3, -0.25) is 0 Å². The molecule has 0 spiro atoms. The Bertz CT molecular complexity index is 366. The zero-order valence-corrected chi connectivity index (χ0v) is 14.2. The van der Waals surface area contributed by atoms with Gasteiger partial charge in [0.15, 0.2) is 0 Å². The molecular formula is C18H32N2. The first-order valence-electron chi connectivity index (χ1n) is 8.10. The van der Waals surface area contributed by atoms with Gasteiger partial charge in [-0.15, -0.1) is 0 Å². The van der Waals surface area contributed by atoms with E-state index >= 15 is 0 Å². The lowest BCUT2D eigenvalue weighted by molar-refractivity contribution is 0.316. The summed E-state index contributed by atoms with van der Waals surface area (Å²) in [4.78, 5) is 2.46. The van der Waals surface area contributed by atoms with Crippen molar-refractivity contribution < 1.29 is 0 Å². The summed E-state index contributed by atoms with van der Waals surface area (Å²) in [5, 5.41) is 3.70. The standard InChI is InChI=1S/C18H32N2/c1-7-20(8-2)13-12-19-18-16(14(3)4)10-9-11-17(18)15(5)6/h9-11,14-15,19H,7-8,12-13H2,1-6H3. The molecule has 1 aromatic carbocycles. The van der Waals surface area contributed by atoms with Crippen LogP contribution in [0.4, 0.5) is 5.69 Å². The van der Waals surface area contributed by atoms with E-state index in [0.29, 0.717) is 11.8 Å². The maximum Gasteiger partial charge on any atom is 0.0410 e. The first-order valence-corrected chi connectivity index (χ1v) is 8.10. The molecule has 0 amide bonds. The monoisotopic (exact) mass is 276 g/mol. The molecule has 0 saturated heterocycles. The predicted molar refractivity (Wildman–Crippen MR) is 90.9 cm³/mol. The van der Waals surface area contributed by atoms with E-state index in [2.05, 4.69) is 70.0 Å². The number of likely N-dealkylation sites (N-methyl/N-ethyl adjacent to an activating group) is 1. The van der Waals surface area contributed by atoms with Crippen molar-refractivity contribution in [2.24, 2.45) is 0 Å². The van der Waals surface area contributed by atoms with Crippen LogP contribution in [0.2, 0.25) is 0 Å². The molecule has 0 atom stereocenters. The number of para-hydroxylation sites is 1. The minimum Gasteiger partial charge on any atom is -0.383 e. The van der Waals surface area contributed by atoms with Crippen LogP contribution in [0.15, 0.2) is 18.2 Å². The average molecular weight is 276 g/mol. The van der Waals surface area contributed by atoms with Crippen molar-refractivity contribution in [1.29, 1.82) is 0 Å². The second-order valence-corrected chi connectivity index (χ2v) is 6.07. The van der Waals surface area contributed by atoms with Crippen LogP contribution < -0.4 is 5.32 Å². The summed E-state index contributed by atoms with van der Waals surface area (Å²) in [5.41, 5.74) is 4.25. The Kier molecular flexibility index (Phi) is 7.08. The first kappa shape index (κ1) is 17.0. The highest BCUT2D eigenvalue weighted by Crippen LogP contribution is 2.32. The van der Waals surface area contributed by atoms with Gasteiger partial charge < -0.3 is 10.2 Å². The van der Waals surface area contributed by atoms with Crippen molar-refractivity contribution in [3.8, 4) is 0 Å². The van der Waals surface area contributed by atoms with Gasteiger partial charge in [0, 0.05) is 18.8 Å². The molecule has 0 aliphatic rings. The van der Waals surface area contributed by atoms with Crippen molar-refractivity contribution in [3.63, 3.8) is 0 Å². The van der Waals surface area contributed by atoms with Crippen LogP contribution in [0.1, 0.15) is 64.5 Å². The summed E-state index contributed by atoms with van der Waals surface area (Å²) in [6.07, 6.45) is 0. The smallest absolute Gasteiger partial charge is 0.0410 e. The Balaban J connectivity index is 2.85. The lowest BCUT2D eigenvalue weighted by atomic mass is 9.92. The summed E-state index contributed by atoms with van der Waals surface area (Å²) in [5.74, 6) is 1.12. The third-order valence-corrected chi connectivity index (χ3v) is 4.00. The lowest BCUT2D eigenvalue weighted by Crippen LogP contribution is -2.29. The van der Waals surface area contributed by atoms with E-state index in [-0.39, 0.29) is 0 Å². The molecule has 114 valence electrons. The van der Waals surface area contributed by atoms with Crippen LogP contribution in [0.25, 0.3) is 0 Å². The summed E-state index contributed by atoms with van der Waals surface area (Å²) in [6.45, 7) is 17.9. The average Bonchev–Trinajstić information content (AvgIpc) is 2.43. The molecule has 1 aromatic rings. The van der Waals surface area contributed by atoms with Gasteiger partial charge in [-0.2, -0.15) is 0 Å². The minimum absolute atomic E-state index is 0.560. The number of rotatable bonds is 8. The fourth-order valence-electron chi connectivity index (χ4n) is 2.63. The normalized spacial score (nSPS) is 11.7. The zero-order chi connectivity index (χ0) is 15.1. The van der Waals surface area contributed by atoms with Gasteiger partial charge >= 0.3 is 0 Å². The Morgan fingerprint density at radius 3 is 1.85 bits per heavy atom. The Hall–Kier alpha value is -1.02. The van der Waals surface area contributed by atoms with E-state index < -0.39 is 0 Å². The number of hydrogen-bond acceptors (Lipinski definition) is 2. The van der Waals surface area contributed by atoms with E-state index in [9.17, 15) is 0 Å². The van der Waals surface area contributed by atoms with Gasteiger partial charge in [-0.25, -0.2) is 0 Å². The van der Waals surface area contributed by atoms with E-state index in [0.717, 1.165) is 26.2 Å². The number of benzene rings is 1. The molecule has 0 unspecified atom stereocenters. The van der Waals surface area contributed by atoms with Crippen molar-refractivity contribution in [2.75, 3.05) is 31.5 Å². The molecule has 0 aliphatic carbocycles. The third-order valence-electron chi connectivity index (χ3n) is 4.00. The van der Waals surface area contributed by atoms with Crippen molar-refractivity contribution in [3.05, 3.63) is 29.3 Å². The van der Waals surface area contributed by atoms with Gasteiger partial charge in [-0.1, -0.05) is 59.7 Å². The van der Waals surface area contributed by atoms with Crippen molar-refractivity contribution in [2.45, 2.75) is 53.4 Å². The summed E-state index contributed by atoms with van der Waals surface area (Å²) in [6, 6.07) is 6.72. The van der Waals surface area contributed by atoms with Crippen LogP contribution in [0.5, 0.6) is 0 Å². The Labute approximate surface area is 125 Å². The van der Waals surface area contributed by atoms with Crippen molar-refractivity contribution in [1.82, 2.24) is 4.90 Å². The molecule has 2 heteroatoms. The molecule has 0 bridgehead atoms. The quantitative estimate of drug-likeness (QED) is 0.741. The SMILES string of the molecule is CCN(CC)CCNc1c(C(C)C)cccc1C(C)C. The molecular weight excluding hydrogens is 244 g/mol. The van der Waals surface area contributed by atoms with Crippen LogP contribution in [0, 0.1) is 0 Å². The second-order valence-electron chi connectivity index (χ2n) is 6.07. The minimum atomic E-state index is 0.560. The molecule has 0 heterocycles. The van der Waals surface area contributed by atoms with Gasteiger partial charge in [0.1, 0.15) is 0 Å². The molecule has 0 fully saturated rings. The molecule has 0 radical (unpaired) electrons. The van der Waals surface area contributed by atoms with E-state index in [1.165, 1.54) is 16.8 Å². The van der Waals surface area contributed by atoms with E-state index in [4.69, 9.17) is 0 Å². The molecule has 0 aromatic heterocycles. The van der Waals surface area contributed by atoms with Crippen LogP contribution in [-0.4, -0.2) is 31.1 Å². The predicted octanol–water partition coefficient (Wildman–Crippen LogP) is 4.69. The molecule has 1 N–H and O–H groups in total. The fourth-order valence-corrected chi connectivity index (χ4v) is 2.63. The van der Waals surface area contributed by atoms with Gasteiger partial charge in [-0.05, 0) is 36.1 Å². The number of nitrogens with one attached hydrogen (secondary N) is 1. The fraction of sp³-hybridized carbons (Fsp3) is 0.667. The summed E-state index contributed by atoms with van der Waals surface area (Å²) in [7, 11) is 0. The van der Waals surface area contributed by atoms with E-state index in [1.54, 1.807) is 0 Å². The molecule has 0 aliphatic heterocycles. The zero-order valence-electron chi connectivity index (χ0n) is 14.2. The van der Waals surface area contributed by atoms with Crippen LogP contribution in [-0.2, 0) is 0 Å². The summed E-state index contributed by atoms with van der Waals surface area (Å²) < 4.78 is 0. The van der Waals surface area contributed by atoms with Crippen LogP contribution in [0.3, 0.4) is 0 Å². The largest absolute Gasteiger partial charge is 0.383 e. The Morgan fingerprint density at radius 1 is 0.950 bits per heavy atom. The number of hydrogen-bond donors (Lipinski definition) is 1. The Morgan fingerprint density at radius 2 is 1.45 bits per heavy atom. The molecule has 2 nitrogen and oxygen atoms in total. The maximum absolute atomic E-state index is 3.70. The topological polar surface area (TPSA) is 15.3 Å². The molecule has 0 saturated carbocycles. The number of anilines is 1. The highest BCUT2D eigenvalue weighted by molar-refractivity contribution is 5.60. The second kappa shape index (κ2) is 8.31. The van der Waals surface area contributed by atoms with E-state index in [1.807, 2.05) is 0 Å². The van der Waals surface area contributed by atoms with Crippen LogP contribution >= 0.6 is 0 Å². The van der Waals surface area contributed by atoms with Gasteiger partial charge in [0.05, 0.1) is 0 Å². The van der Waals surface area contributed by atoms with Crippen molar-refractivity contribution >= 4 is 5.69 Å². The molecule has 20 heavy (non-hydrogen) atoms. The van der Waals surface area contributed by atoms with Gasteiger partial charge in [0.2, 0.25) is 0 Å². The summed E-state index contributed by atoms with van der Waals surface area (Å²) >= 11 is 0. The highest BCUT2D eigenvalue weighted by Gasteiger charge is 2.13. The highest BCUT2D eigenvalue weighted by atomic mass is 15.1. The molecule has 1 rings (SSSR count). The lowest BCUT2D eigenvalue weighted by Gasteiger charge is -2.23. The first-order chi connectivity index (χ1) is 9.51. The maximum atomic E-state index is 3.70. The number of nitrogens with zero attached hydrogens (tertiary/aromatic N) is 1. The third kappa shape index (κ3) is 4.52.